The lowest BCUT2D eigenvalue weighted by Gasteiger charge is -2.29. The zero-order valence-electron chi connectivity index (χ0n) is 24.8. The normalized spacial score (nSPS) is 14.4. The molecule has 226 valence electrons. The number of carboxylic acid groups (broad SMARTS) is 1. The van der Waals surface area contributed by atoms with E-state index in [9.17, 15) is 24.3 Å². The van der Waals surface area contributed by atoms with Gasteiger partial charge in [0.2, 0.25) is 5.91 Å². The number of ketones is 1. The van der Waals surface area contributed by atoms with Crippen molar-refractivity contribution in [2.75, 3.05) is 50.6 Å². The molecular weight excluding hydrogens is 606 g/mol. The molecule has 0 spiro atoms. The van der Waals surface area contributed by atoms with Gasteiger partial charge in [0.1, 0.15) is 11.6 Å². The first-order chi connectivity index (χ1) is 19.2. The van der Waals surface area contributed by atoms with Crippen molar-refractivity contribution in [3.05, 3.63) is 52.1 Å². The van der Waals surface area contributed by atoms with E-state index in [1.807, 2.05) is 45.8 Å². The summed E-state index contributed by atoms with van der Waals surface area (Å²) in [6.45, 7) is 5.89. The van der Waals surface area contributed by atoms with Gasteiger partial charge in [-0.3, -0.25) is 19.8 Å². The molecule has 11 nitrogen and oxygen atoms in total. The van der Waals surface area contributed by atoms with Gasteiger partial charge in [0.05, 0.1) is 17.8 Å². The molecule has 2 aliphatic rings. The number of carboxylic acids is 1. The molecule has 2 amide bonds. The largest absolute Gasteiger partial charge is 0.479 e. The van der Waals surface area contributed by atoms with Gasteiger partial charge in [-0.2, -0.15) is 0 Å². The van der Waals surface area contributed by atoms with Crippen LogP contribution in [0.4, 0.5) is 11.4 Å². The summed E-state index contributed by atoms with van der Waals surface area (Å²) in [4.78, 5) is 55.4. The summed E-state index contributed by atoms with van der Waals surface area (Å²) in [5.41, 5.74) is 3.41. The Labute approximate surface area is 256 Å². The summed E-state index contributed by atoms with van der Waals surface area (Å²) in [7, 11) is 5.24. The van der Waals surface area contributed by atoms with Crippen LogP contribution in [0.25, 0.3) is 0 Å². The van der Waals surface area contributed by atoms with Gasteiger partial charge in [0, 0.05) is 63.0 Å². The molecule has 3 N–H and O–H groups in total. The first-order valence-electron chi connectivity index (χ1n) is 13.5. The van der Waals surface area contributed by atoms with E-state index >= 15 is 0 Å². The first-order valence-corrected chi connectivity index (χ1v) is 13.5. The Kier molecular flexibility index (Phi) is 9.71. The van der Waals surface area contributed by atoms with Crippen LogP contribution < -0.4 is 19.9 Å². The Morgan fingerprint density at radius 2 is 1.83 bits per heavy atom. The zero-order chi connectivity index (χ0) is 30.2. The maximum atomic E-state index is 13.8. The molecule has 0 aromatic heterocycles. The fraction of sp³-hybridized carbons (Fsp3) is 0.433. The fourth-order valence-corrected chi connectivity index (χ4v) is 5.24. The van der Waals surface area contributed by atoms with Gasteiger partial charge in [-0.05, 0) is 41.7 Å². The van der Waals surface area contributed by atoms with Gasteiger partial charge in [-0.1, -0.05) is 20.8 Å². The Bertz CT molecular complexity index is 1450. The average Bonchev–Trinajstić information content (AvgIpc) is 3.47. The number of halogens is 1. The summed E-state index contributed by atoms with van der Waals surface area (Å²) < 4.78 is 5.73. The van der Waals surface area contributed by atoms with Crippen LogP contribution in [0, 0.1) is 5.41 Å². The van der Waals surface area contributed by atoms with Crippen molar-refractivity contribution in [2.45, 2.75) is 45.6 Å². The number of nitrogens with one attached hydrogen (secondary N) is 2. The number of benzene rings is 2. The molecule has 0 atom stereocenters. The van der Waals surface area contributed by atoms with Gasteiger partial charge in [0.15, 0.2) is 12.4 Å². The summed E-state index contributed by atoms with van der Waals surface area (Å²) in [5.74, 6) is -1.35. The lowest BCUT2D eigenvalue weighted by molar-refractivity contribution is -0.139. The van der Waals surface area contributed by atoms with E-state index in [0.29, 0.717) is 53.9 Å². The minimum atomic E-state index is -1.15. The lowest BCUT2D eigenvalue weighted by Crippen LogP contribution is -2.31. The number of carbonyl (C=O) groups excluding carboxylic acids is 3. The average molecular weight is 645 g/mol. The molecule has 1 fully saturated rings. The molecule has 12 heteroatoms. The third kappa shape index (κ3) is 6.43. The molecule has 42 heavy (non-hydrogen) atoms. The number of aliphatic carboxylic acids is 1. The molecule has 2 aromatic carbocycles. The second-order valence-corrected chi connectivity index (χ2v) is 11.6. The zero-order valence-corrected chi connectivity index (χ0v) is 26.5. The van der Waals surface area contributed by atoms with Gasteiger partial charge in [-0.25, -0.2) is 4.79 Å². The third-order valence-corrected chi connectivity index (χ3v) is 7.35. The summed E-state index contributed by atoms with van der Waals surface area (Å²) in [6.07, 6.45) is 1.01. The number of anilines is 2. The van der Waals surface area contributed by atoms with E-state index in [-0.39, 0.29) is 52.7 Å². The number of amides is 2. The molecule has 0 radical (unpaired) electrons. The van der Waals surface area contributed by atoms with Crippen molar-refractivity contribution in [3.8, 4) is 5.75 Å². The predicted molar refractivity (Wildman–Crippen MR) is 166 cm³/mol. The molecule has 1 saturated heterocycles. The smallest absolute Gasteiger partial charge is 0.341 e. The molecule has 2 aliphatic heterocycles. The topological polar surface area (TPSA) is 143 Å². The standard InChI is InChI=1S/C30H37N5O6.BrH/c1-30(2,3)21-10-17(11-23(27(21)41-16-26(38)39)35-9-7-8-25(35)37)24(36)15-34-14-18-12-22(33(5)6)20(29(40)32-4)13-19(18)28(34)31;/h10-13,31H,7-9,14-16H2,1-6H3,(H,32,40)(H,38,39);1H. The van der Waals surface area contributed by atoms with Crippen molar-refractivity contribution >= 4 is 57.8 Å². The van der Waals surface area contributed by atoms with Gasteiger partial charge in [0.25, 0.3) is 5.91 Å². The van der Waals surface area contributed by atoms with Crippen LogP contribution in [-0.2, 0) is 21.5 Å². The third-order valence-electron chi connectivity index (χ3n) is 7.35. The van der Waals surface area contributed by atoms with Gasteiger partial charge in [-0.15, -0.1) is 17.0 Å². The van der Waals surface area contributed by atoms with Crippen LogP contribution in [0.2, 0.25) is 0 Å². The Morgan fingerprint density at radius 3 is 2.38 bits per heavy atom. The molecule has 0 unspecified atom stereocenters. The van der Waals surface area contributed by atoms with Gasteiger partial charge >= 0.3 is 5.97 Å². The minimum Gasteiger partial charge on any atom is -0.479 e. The van der Waals surface area contributed by atoms with Crippen LogP contribution >= 0.6 is 17.0 Å². The second kappa shape index (κ2) is 12.5. The van der Waals surface area contributed by atoms with E-state index in [0.717, 1.165) is 11.3 Å². The number of carbonyl (C=O) groups is 4. The van der Waals surface area contributed by atoms with Crippen LogP contribution in [-0.4, -0.2) is 80.2 Å². The minimum absolute atomic E-state index is 0. The molecule has 4 rings (SSSR count). The van der Waals surface area contributed by atoms with Crippen molar-refractivity contribution in [1.82, 2.24) is 10.2 Å². The number of amidine groups is 1. The van der Waals surface area contributed by atoms with Crippen LogP contribution in [0.15, 0.2) is 24.3 Å². The van der Waals surface area contributed by atoms with Crippen molar-refractivity contribution in [3.63, 3.8) is 0 Å². The van der Waals surface area contributed by atoms with Crippen molar-refractivity contribution in [2.24, 2.45) is 0 Å². The Morgan fingerprint density at radius 1 is 1.14 bits per heavy atom. The van der Waals surface area contributed by atoms with E-state index in [2.05, 4.69) is 5.32 Å². The predicted octanol–water partition coefficient (Wildman–Crippen LogP) is 3.60. The summed E-state index contributed by atoms with van der Waals surface area (Å²) >= 11 is 0. The van der Waals surface area contributed by atoms with Crippen LogP contribution in [0.5, 0.6) is 5.75 Å². The number of ether oxygens (including phenoxy) is 1. The maximum absolute atomic E-state index is 13.8. The first kappa shape index (κ1) is 32.6. The number of rotatable bonds is 9. The molecule has 0 aliphatic carbocycles. The van der Waals surface area contributed by atoms with E-state index in [4.69, 9.17) is 10.1 Å². The fourth-order valence-electron chi connectivity index (χ4n) is 5.24. The quantitative estimate of drug-likeness (QED) is 0.352. The van der Waals surface area contributed by atoms with Crippen molar-refractivity contribution < 1.29 is 29.0 Å². The van der Waals surface area contributed by atoms with Crippen LogP contribution in [0.1, 0.15) is 71.0 Å². The van der Waals surface area contributed by atoms with Crippen LogP contribution in [0.3, 0.4) is 0 Å². The highest BCUT2D eigenvalue weighted by Gasteiger charge is 2.33. The monoisotopic (exact) mass is 643 g/mol. The molecular formula is C30H38BrN5O6. The van der Waals surface area contributed by atoms with E-state index < -0.39 is 18.0 Å². The second-order valence-electron chi connectivity index (χ2n) is 11.6. The van der Waals surface area contributed by atoms with E-state index in [1.165, 1.54) is 0 Å². The molecule has 0 bridgehead atoms. The Balaban J connectivity index is 0.00000484. The van der Waals surface area contributed by atoms with Gasteiger partial charge < -0.3 is 29.9 Å². The van der Waals surface area contributed by atoms with E-state index in [1.54, 1.807) is 35.0 Å². The molecule has 0 saturated carbocycles. The van der Waals surface area contributed by atoms with Crippen molar-refractivity contribution in [1.29, 1.82) is 5.41 Å². The Hall–Kier alpha value is -3.93. The molecule has 2 aromatic rings. The lowest BCUT2D eigenvalue weighted by atomic mass is 9.84. The molecule has 2 heterocycles. The maximum Gasteiger partial charge on any atom is 0.341 e. The highest BCUT2D eigenvalue weighted by atomic mass is 79.9. The summed E-state index contributed by atoms with van der Waals surface area (Å²) in [6, 6.07) is 6.87. The number of Topliss-reactive ketones (excluding diaryl/α,β-unsaturated/α-hetero) is 1. The number of fused-ring (bicyclic) bond motifs is 1. The highest BCUT2D eigenvalue weighted by molar-refractivity contribution is 8.93. The number of hydrogen-bond donors (Lipinski definition) is 3. The summed E-state index contributed by atoms with van der Waals surface area (Å²) in [5, 5.41) is 20.7. The number of nitrogens with zero attached hydrogens (tertiary/aromatic N) is 3. The number of hydrogen-bond acceptors (Lipinski definition) is 7. The SMILES string of the molecule is Br.CNC(=O)c1cc2c(cc1N(C)C)CN(CC(=O)c1cc(N3CCCC3=O)c(OCC(=O)O)c(C(C)(C)C)c1)C2=N. The highest BCUT2D eigenvalue weighted by Crippen LogP contribution is 2.42.